The molecule has 2 atom stereocenters. The zero-order valence-corrected chi connectivity index (χ0v) is 11.1. The second-order valence-corrected chi connectivity index (χ2v) is 5.59. The van der Waals surface area contributed by atoms with E-state index < -0.39 is 7.60 Å². The van der Waals surface area contributed by atoms with Crippen LogP contribution in [0, 0.1) is 0 Å². The predicted octanol–water partition coefficient (Wildman–Crippen LogP) is 3.35. The predicted molar refractivity (Wildman–Crippen MR) is 64.0 cm³/mol. The standard InChI is InChI=1S/C10H22NO4P/c1-4-6-7-8-10(11-12)16(13,14)15-9(3)5-2/h9,12H,4-8H2,1-3H3,(H,13,14). The molecule has 0 fully saturated rings. The molecule has 0 aliphatic rings. The van der Waals surface area contributed by atoms with Gasteiger partial charge >= 0.3 is 7.60 Å². The van der Waals surface area contributed by atoms with Gasteiger partial charge in [-0.05, 0) is 19.8 Å². The normalized spacial score (nSPS) is 18.1. The molecule has 0 heterocycles. The third-order valence-corrected chi connectivity index (χ3v) is 3.95. The maximum atomic E-state index is 11.8. The summed E-state index contributed by atoms with van der Waals surface area (Å²) in [7, 11) is -3.92. The molecule has 0 bridgehead atoms. The molecule has 0 aromatic rings. The van der Waals surface area contributed by atoms with Gasteiger partial charge in [-0.2, -0.15) is 0 Å². The van der Waals surface area contributed by atoms with Crippen LogP contribution < -0.4 is 0 Å². The maximum absolute atomic E-state index is 11.8. The second kappa shape index (κ2) is 7.82. The van der Waals surface area contributed by atoms with Gasteiger partial charge in [-0.1, -0.05) is 31.8 Å². The molecule has 2 N–H and O–H groups in total. The minimum atomic E-state index is -3.92. The zero-order valence-electron chi connectivity index (χ0n) is 10.2. The summed E-state index contributed by atoms with van der Waals surface area (Å²) in [6, 6.07) is 0. The highest BCUT2D eigenvalue weighted by Crippen LogP contribution is 2.47. The van der Waals surface area contributed by atoms with E-state index in [-0.39, 0.29) is 11.6 Å². The summed E-state index contributed by atoms with van der Waals surface area (Å²) in [4.78, 5) is 9.62. The lowest BCUT2D eigenvalue weighted by Gasteiger charge is -2.17. The Morgan fingerprint density at radius 3 is 2.50 bits per heavy atom. The molecular weight excluding hydrogens is 229 g/mol. The lowest BCUT2D eigenvalue weighted by atomic mass is 10.2. The third kappa shape index (κ3) is 5.64. The Labute approximate surface area is 97.0 Å². The molecule has 16 heavy (non-hydrogen) atoms. The fourth-order valence-corrected chi connectivity index (χ4v) is 2.47. The van der Waals surface area contributed by atoms with E-state index in [4.69, 9.17) is 9.73 Å². The van der Waals surface area contributed by atoms with Crippen molar-refractivity contribution in [2.75, 3.05) is 0 Å². The minimum absolute atomic E-state index is 0.138. The Morgan fingerprint density at radius 1 is 1.44 bits per heavy atom. The van der Waals surface area contributed by atoms with Crippen LogP contribution in [0.5, 0.6) is 0 Å². The number of hydrogen-bond acceptors (Lipinski definition) is 4. The topological polar surface area (TPSA) is 79.1 Å². The molecule has 0 spiro atoms. The Balaban J connectivity index is 4.38. The third-order valence-electron chi connectivity index (χ3n) is 2.34. The van der Waals surface area contributed by atoms with Crippen LogP contribution in [0.4, 0.5) is 0 Å². The Kier molecular flexibility index (Phi) is 7.64. The van der Waals surface area contributed by atoms with E-state index in [0.717, 1.165) is 19.3 Å². The molecule has 96 valence electrons. The van der Waals surface area contributed by atoms with Gasteiger partial charge in [0, 0.05) is 6.42 Å². The summed E-state index contributed by atoms with van der Waals surface area (Å²) in [6.07, 6.45) is 3.28. The van der Waals surface area contributed by atoms with Gasteiger partial charge < -0.3 is 14.6 Å². The lowest BCUT2D eigenvalue weighted by molar-refractivity contribution is 0.192. The van der Waals surface area contributed by atoms with Gasteiger partial charge in [0.15, 0.2) is 5.45 Å². The Bertz CT molecular complexity index is 268. The van der Waals surface area contributed by atoms with Crippen molar-refractivity contribution in [3.05, 3.63) is 0 Å². The van der Waals surface area contributed by atoms with Gasteiger partial charge in [-0.15, -0.1) is 0 Å². The lowest BCUT2D eigenvalue weighted by Crippen LogP contribution is -2.10. The molecule has 0 amide bonds. The highest BCUT2D eigenvalue weighted by Gasteiger charge is 2.29. The first-order valence-electron chi connectivity index (χ1n) is 5.70. The van der Waals surface area contributed by atoms with Gasteiger partial charge in [0.25, 0.3) is 0 Å². The van der Waals surface area contributed by atoms with Crippen molar-refractivity contribution >= 4 is 13.0 Å². The van der Waals surface area contributed by atoms with Crippen molar-refractivity contribution in [3.63, 3.8) is 0 Å². The molecule has 0 radical (unpaired) electrons. The first-order valence-corrected chi connectivity index (χ1v) is 7.28. The molecule has 0 aromatic heterocycles. The molecular formula is C10H22NO4P. The first kappa shape index (κ1) is 15.6. The van der Waals surface area contributed by atoms with Crippen molar-refractivity contribution < 1.29 is 19.2 Å². The van der Waals surface area contributed by atoms with Crippen LogP contribution in [-0.4, -0.2) is 21.7 Å². The fourth-order valence-electron chi connectivity index (χ4n) is 1.16. The zero-order chi connectivity index (χ0) is 12.6. The first-order chi connectivity index (χ1) is 7.47. The van der Waals surface area contributed by atoms with Crippen LogP contribution in [0.3, 0.4) is 0 Å². The van der Waals surface area contributed by atoms with E-state index in [1.54, 1.807) is 6.92 Å². The smallest absolute Gasteiger partial charge is 0.376 e. The number of oxime groups is 1. The van der Waals surface area contributed by atoms with Gasteiger partial charge in [0.2, 0.25) is 0 Å². The summed E-state index contributed by atoms with van der Waals surface area (Å²) in [5.41, 5.74) is -0.138. The summed E-state index contributed by atoms with van der Waals surface area (Å²) < 4.78 is 16.7. The fraction of sp³-hybridized carbons (Fsp3) is 0.900. The van der Waals surface area contributed by atoms with Crippen molar-refractivity contribution in [3.8, 4) is 0 Å². The van der Waals surface area contributed by atoms with Crippen molar-refractivity contribution in [1.82, 2.24) is 0 Å². The molecule has 0 aliphatic heterocycles. The van der Waals surface area contributed by atoms with E-state index in [1.807, 2.05) is 13.8 Å². The average molecular weight is 251 g/mol. The van der Waals surface area contributed by atoms with E-state index >= 15 is 0 Å². The van der Waals surface area contributed by atoms with Gasteiger partial charge in [0.1, 0.15) is 0 Å². The van der Waals surface area contributed by atoms with Crippen LogP contribution in [0.1, 0.15) is 52.9 Å². The van der Waals surface area contributed by atoms with Gasteiger partial charge in [-0.3, -0.25) is 4.57 Å². The molecule has 0 aliphatic carbocycles. The molecule has 0 rings (SSSR count). The summed E-state index contributed by atoms with van der Waals surface area (Å²) in [5.74, 6) is 0. The van der Waals surface area contributed by atoms with Crippen LogP contribution in [0.25, 0.3) is 0 Å². The van der Waals surface area contributed by atoms with Crippen molar-refractivity contribution in [1.29, 1.82) is 0 Å². The van der Waals surface area contributed by atoms with E-state index in [0.29, 0.717) is 12.8 Å². The Hall–Kier alpha value is -0.380. The molecule has 0 aromatic carbocycles. The summed E-state index contributed by atoms with van der Waals surface area (Å²) in [5, 5.41) is 11.6. The number of nitrogens with zero attached hydrogens (tertiary/aromatic N) is 1. The van der Waals surface area contributed by atoms with E-state index in [2.05, 4.69) is 5.16 Å². The van der Waals surface area contributed by atoms with Gasteiger partial charge in [0.05, 0.1) is 6.10 Å². The second-order valence-electron chi connectivity index (χ2n) is 3.82. The quantitative estimate of drug-likeness (QED) is 0.228. The van der Waals surface area contributed by atoms with Crippen molar-refractivity contribution in [2.24, 2.45) is 5.16 Å². The van der Waals surface area contributed by atoms with Gasteiger partial charge in [-0.25, -0.2) is 0 Å². The summed E-state index contributed by atoms with van der Waals surface area (Å²) >= 11 is 0. The van der Waals surface area contributed by atoms with Crippen molar-refractivity contribution in [2.45, 2.75) is 59.0 Å². The molecule has 2 unspecified atom stereocenters. The largest absolute Gasteiger partial charge is 0.410 e. The van der Waals surface area contributed by atoms with Crippen LogP contribution in [0.2, 0.25) is 0 Å². The minimum Gasteiger partial charge on any atom is -0.410 e. The average Bonchev–Trinajstić information content (AvgIpc) is 2.23. The molecule has 5 nitrogen and oxygen atoms in total. The van der Waals surface area contributed by atoms with Crippen LogP contribution >= 0.6 is 7.60 Å². The van der Waals surface area contributed by atoms with E-state index in [9.17, 15) is 9.46 Å². The van der Waals surface area contributed by atoms with Crippen LogP contribution in [-0.2, 0) is 9.09 Å². The maximum Gasteiger partial charge on any atom is 0.376 e. The number of hydrogen-bond donors (Lipinski definition) is 2. The number of rotatable bonds is 8. The highest BCUT2D eigenvalue weighted by atomic mass is 31.2. The molecule has 6 heteroatoms. The van der Waals surface area contributed by atoms with E-state index in [1.165, 1.54) is 0 Å². The summed E-state index contributed by atoms with van der Waals surface area (Å²) in [6.45, 7) is 5.60. The van der Waals surface area contributed by atoms with Crippen LogP contribution in [0.15, 0.2) is 5.16 Å². The molecule has 0 saturated heterocycles. The number of unbranched alkanes of at least 4 members (excludes halogenated alkanes) is 2. The molecule has 0 saturated carbocycles. The highest BCUT2D eigenvalue weighted by molar-refractivity contribution is 7.71. The monoisotopic (exact) mass is 251 g/mol. The Morgan fingerprint density at radius 2 is 2.06 bits per heavy atom. The SMILES string of the molecule is CCCCCC(=NO)P(=O)(O)OC(C)CC.